The van der Waals surface area contributed by atoms with Crippen LogP contribution >= 0.6 is 0 Å². The molecular formula is C25H50O2. The number of unbranched alkanes of at least 4 members (excludes halogenated alkanes) is 12. The van der Waals surface area contributed by atoms with Crippen molar-refractivity contribution in [2.45, 2.75) is 137 Å². The lowest BCUT2D eigenvalue weighted by Gasteiger charge is -2.13. The molecule has 2 heteroatoms. The molecule has 0 amide bonds. The topological polar surface area (TPSA) is 37.3 Å². The summed E-state index contributed by atoms with van der Waals surface area (Å²) in [7, 11) is 0. The van der Waals surface area contributed by atoms with E-state index in [0.717, 1.165) is 31.6 Å². The second kappa shape index (κ2) is 18.8. The molecule has 2 nitrogen and oxygen atoms in total. The number of rotatable bonds is 20. The summed E-state index contributed by atoms with van der Waals surface area (Å²) in [6.45, 7) is 8.99. The van der Waals surface area contributed by atoms with E-state index in [1.165, 1.54) is 83.5 Å². The molecule has 27 heavy (non-hydrogen) atoms. The number of carboxylic acids is 1. The Hall–Kier alpha value is -0.530. The van der Waals surface area contributed by atoms with Crippen LogP contribution in [0.25, 0.3) is 0 Å². The molecule has 0 aromatic carbocycles. The van der Waals surface area contributed by atoms with Crippen LogP contribution in [0.15, 0.2) is 0 Å². The fourth-order valence-electron chi connectivity index (χ4n) is 3.81. The molecule has 1 N–H and O–H groups in total. The highest BCUT2D eigenvalue weighted by molar-refractivity contribution is 5.69. The number of hydrogen-bond acceptors (Lipinski definition) is 1. The fourth-order valence-corrected chi connectivity index (χ4v) is 3.81. The van der Waals surface area contributed by atoms with Crippen molar-refractivity contribution in [2.24, 2.45) is 17.8 Å². The Labute approximate surface area is 170 Å². The monoisotopic (exact) mass is 382 g/mol. The number of carboxylic acid groups (broad SMARTS) is 1. The maximum absolute atomic E-state index is 11.3. The maximum Gasteiger partial charge on any atom is 0.306 e. The predicted octanol–water partition coefficient (Wildman–Crippen LogP) is 8.63. The quantitative estimate of drug-likeness (QED) is 0.214. The van der Waals surface area contributed by atoms with Gasteiger partial charge in [-0.25, -0.2) is 0 Å². The van der Waals surface area contributed by atoms with Gasteiger partial charge >= 0.3 is 5.97 Å². The molecule has 1 atom stereocenters. The van der Waals surface area contributed by atoms with Crippen molar-refractivity contribution in [2.75, 3.05) is 0 Å². The summed E-state index contributed by atoms with van der Waals surface area (Å²) >= 11 is 0. The predicted molar refractivity (Wildman–Crippen MR) is 119 cm³/mol. The highest BCUT2D eigenvalue weighted by atomic mass is 16.4. The maximum atomic E-state index is 11.3. The van der Waals surface area contributed by atoms with Gasteiger partial charge in [0, 0.05) is 0 Å². The first kappa shape index (κ1) is 26.5. The van der Waals surface area contributed by atoms with Crippen LogP contribution < -0.4 is 0 Å². The van der Waals surface area contributed by atoms with Gasteiger partial charge < -0.3 is 5.11 Å². The van der Waals surface area contributed by atoms with Crippen LogP contribution in [-0.4, -0.2) is 11.1 Å². The molecule has 0 aliphatic rings. The van der Waals surface area contributed by atoms with Gasteiger partial charge in [-0.05, 0) is 24.7 Å². The minimum atomic E-state index is -0.587. The van der Waals surface area contributed by atoms with Crippen LogP contribution in [0.4, 0.5) is 0 Å². The third-order valence-corrected chi connectivity index (χ3v) is 5.78. The Morgan fingerprint density at radius 3 is 1.19 bits per heavy atom. The van der Waals surface area contributed by atoms with Crippen molar-refractivity contribution in [1.29, 1.82) is 0 Å². The van der Waals surface area contributed by atoms with Gasteiger partial charge in [0.1, 0.15) is 0 Å². The molecule has 162 valence electrons. The van der Waals surface area contributed by atoms with Crippen LogP contribution in [0.5, 0.6) is 0 Å². The molecule has 0 saturated heterocycles. The lowest BCUT2D eigenvalue weighted by Crippen LogP contribution is -2.14. The molecule has 0 bridgehead atoms. The first-order chi connectivity index (χ1) is 12.9. The molecule has 0 aromatic rings. The Balaban J connectivity index is 3.31. The van der Waals surface area contributed by atoms with E-state index in [1.807, 2.05) is 0 Å². The summed E-state index contributed by atoms with van der Waals surface area (Å²) in [4.78, 5) is 11.3. The molecule has 0 aromatic heterocycles. The van der Waals surface area contributed by atoms with Crippen molar-refractivity contribution in [3.05, 3.63) is 0 Å². The van der Waals surface area contributed by atoms with Gasteiger partial charge in [0.2, 0.25) is 0 Å². The molecule has 0 spiro atoms. The van der Waals surface area contributed by atoms with Crippen molar-refractivity contribution >= 4 is 5.97 Å². The van der Waals surface area contributed by atoms with E-state index in [4.69, 9.17) is 0 Å². The van der Waals surface area contributed by atoms with E-state index in [0.29, 0.717) is 5.92 Å². The van der Waals surface area contributed by atoms with Gasteiger partial charge in [0.25, 0.3) is 0 Å². The number of carbonyl (C=O) groups is 1. The standard InChI is InChI=1S/C25H50O2/c1-22(2)18-16-14-12-10-8-6-5-7-9-11-13-15-17-19-24(25(26)27)21-20-23(3)4/h22-24H,5-21H2,1-4H3,(H,26,27). The van der Waals surface area contributed by atoms with Crippen molar-refractivity contribution in [1.82, 2.24) is 0 Å². The van der Waals surface area contributed by atoms with Gasteiger partial charge in [-0.3, -0.25) is 4.79 Å². The zero-order chi connectivity index (χ0) is 20.3. The van der Waals surface area contributed by atoms with E-state index in [2.05, 4.69) is 27.7 Å². The highest BCUT2D eigenvalue weighted by Crippen LogP contribution is 2.20. The van der Waals surface area contributed by atoms with Gasteiger partial charge in [-0.15, -0.1) is 0 Å². The average molecular weight is 383 g/mol. The Morgan fingerprint density at radius 1 is 0.519 bits per heavy atom. The third kappa shape index (κ3) is 20.0. The zero-order valence-electron chi connectivity index (χ0n) is 19.1. The molecule has 0 aliphatic carbocycles. The van der Waals surface area contributed by atoms with Gasteiger partial charge in [0.05, 0.1) is 5.92 Å². The van der Waals surface area contributed by atoms with Crippen molar-refractivity contribution in [3.8, 4) is 0 Å². The van der Waals surface area contributed by atoms with Crippen LogP contribution in [0.3, 0.4) is 0 Å². The lowest BCUT2D eigenvalue weighted by atomic mass is 9.93. The van der Waals surface area contributed by atoms with Crippen LogP contribution in [-0.2, 0) is 4.79 Å². The minimum Gasteiger partial charge on any atom is -0.481 e. The largest absolute Gasteiger partial charge is 0.481 e. The second-order valence-corrected chi connectivity index (χ2v) is 9.57. The number of hydrogen-bond donors (Lipinski definition) is 1. The Morgan fingerprint density at radius 2 is 0.852 bits per heavy atom. The van der Waals surface area contributed by atoms with E-state index in [9.17, 15) is 9.90 Å². The molecule has 0 rings (SSSR count). The summed E-state index contributed by atoms with van der Waals surface area (Å²) < 4.78 is 0. The molecule has 0 fully saturated rings. The van der Waals surface area contributed by atoms with Crippen LogP contribution in [0, 0.1) is 17.8 Å². The third-order valence-electron chi connectivity index (χ3n) is 5.78. The Bertz CT molecular complexity index is 322. The summed E-state index contributed by atoms with van der Waals surface area (Å²) in [6.07, 6.45) is 21.8. The minimum absolute atomic E-state index is 0.113. The molecule has 0 aliphatic heterocycles. The summed E-state index contributed by atoms with van der Waals surface area (Å²) in [5.74, 6) is 0.776. The van der Waals surface area contributed by atoms with Crippen LogP contribution in [0.1, 0.15) is 137 Å². The smallest absolute Gasteiger partial charge is 0.306 e. The summed E-state index contributed by atoms with van der Waals surface area (Å²) in [6, 6.07) is 0. The van der Waals surface area contributed by atoms with Crippen LogP contribution in [0.2, 0.25) is 0 Å². The lowest BCUT2D eigenvalue weighted by molar-refractivity contribution is -0.142. The molecular weight excluding hydrogens is 332 g/mol. The van der Waals surface area contributed by atoms with E-state index >= 15 is 0 Å². The zero-order valence-corrected chi connectivity index (χ0v) is 19.1. The van der Waals surface area contributed by atoms with Gasteiger partial charge in [0.15, 0.2) is 0 Å². The second-order valence-electron chi connectivity index (χ2n) is 9.57. The average Bonchev–Trinajstić information content (AvgIpc) is 2.59. The molecule has 0 radical (unpaired) electrons. The molecule has 0 saturated carbocycles. The van der Waals surface area contributed by atoms with Crippen molar-refractivity contribution < 1.29 is 9.90 Å². The molecule has 0 heterocycles. The fraction of sp³-hybridized carbons (Fsp3) is 0.960. The van der Waals surface area contributed by atoms with Gasteiger partial charge in [-0.1, -0.05) is 124 Å². The van der Waals surface area contributed by atoms with E-state index in [-0.39, 0.29) is 5.92 Å². The van der Waals surface area contributed by atoms with E-state index in [1.54, 1.807) is 0 Å². The summed E-state index contributed by atoms with van der Waals surface area (Å²) in [5, 5.41) is 9.31. The first-order valence-electron chi connectivity index (χ1n) is 12.2. The van der Waals surface area contributed by atoms with Crippen molar-refractivity contribution in [3.63, 3.8) is 0 Å². The normalized spacial score (nSPS) is 12.8. The number of aliphatic carboxylic acids is 1. The summed E-state index contributed by atoms with van der Waals surface area (Å²) in [5.41, 5.74) is 0. The van der Waals surface area contributed by atoms with Gasteiger partial charge in [-0.2, -0.15) is 0 Å². The van der Waals surface area contributed by atoms with E-state index < -0.39 is 5.97 Å². The first-order valence-corrected chi connectivity index (χ1v) is 12.2. The Kier molecular flexibility index (Phi) is 18.4. The SMILES string of the molecule is CC(C)CCCCCCCCCCCCCCCC(CCC(C)C)C(=O)O. The molecule has 1 unspecified atom stereocenters. The highest BCUT2D eigenvalue weighted by Gasteiger charge is 2.16.